The molecule has 0 unspecified atom stereocenters. The molecule has 0 radical (unpaired) electrons. The van der Waals surface area contributed by atoms with E-state index in [1.54, 1.807) is 4.90 Å². The molecule has 5 nitrogen and oxygen atoms in total. The van der Waals surface area contributed by atoms with Crippen LogP contribution < -0.4 is 5.32 Å². The molecule has 1 heterocycles. The Labute approximate surface area is 156 Å². The zero-order valence-corrected chi connectivity index (χ0v) is 16.6. The van der Waals surface area contributed by atoms with Gasteiger partial charge >= 0.3 is 0 Å². The second-order valence-corrected chi connectivity index (χ2v) is 6.30. The minimum atomic E-state index is 0. The lowest BCUT2D eigenvalue weighted by Gasteiger charge is -2.17. The van der Waals surface area contributed by atoms with E-state index in [1.807, 2.05) is 37.8 Å². The molecule has 0 saturated carbocycles. The van der Waals surface area contributed by atoms with Crippen LogP contribution in [0.5, 0.6) is 0 Å². The van der Waals surface area contributed by atoms with Gasteiger partial charge in [0.05, 0.1) is 11.4 Å². The van der Waals surface area contributed by atoms with Crippen LogP contribution in [0.2, 0.25) is 0 Å². The summed E-state index contributed by atoms with van der Waals surface area (Å²) in [5, 5.41) is 7.77. The molecule has 0 saturated heterocycles. The molecular formula is C19H29ClN4O. The summed E-state index contributed by atoms with van der Waals surface area (Å²) in [6.07, 6.45) is 1.43. The van der Waals surface area contributed by atoms with Gasteiger partial charge in [-0.2, -0.15) is 5.10 Å². The third-order valence-electron chi connectivity index (χ3n) is 4.42. The van der Waals surface area contributed by atoms with E-state index in [0.717, 1.165) is 35.6 Å². The van der Waals surface area contributed by atoms with Crippen LogP contribution in [0.25, 0.3) is 5.69 Å². The number of para-hydroxylation sites is 1. The van der Waals surface area contributed by atoms with E-state index in [1.165, 1.54) is 5.56 Å². The van der Waals surface area contributed by atoms with Crippen molar-refractivity contribution in [2.24, 2.45) is 0 Å². The Morgan fingerprint density at radius 2 is 1.92 bits per heavy atom. The number of nitrogens with zero attached hydrogens (tertiary/aromatic N) is 3. The Morgan fingerprint density at radius 3 is 2.56 bits per heavy atom. The van der Waals surface area contributed by atoms with Crippen LogP contribution >= 0.6 is 12.4 Å². The smallest absolute Gasteiger partial charge is 0.222 e. The molecule has 138 valence electrons. The Kier molecular flexibility index (Phi) is 8.13. The standard InChI is InChI=1S/C19H28N4O.ClH/c1-14-9-6-7-10-18(14)23-16(3)17(15(2)21-23)13-22(5)19(24)11-8-12-20-4;/h6-7,9-10,20H,8,11-13H2,1-5H3;1H. The van der Waals surface area contributed by atoms with Gasteiger partial charge in [0.15, 0.2) is 0 Å². The Hall–Kier alpha value is -1.85. The predicted molar refractivity (Wildman–Crippen MR) is 105 cm³/mol. The summed E-state index contributed by atoms with van der Waals surface area (Å²) >= 11 is 0. The highest BCUT2D eigenvalue weighted by Gasteiger charge is 2.17. The van der Waals surface area contributed by atoms with E-state index in [0.29, 0.717) is 13.0 Å². The molecule has 1 N–H and O–H groups in total. The average molecular weight is 365 g/mol. The highest BCUT2D eigenvalue weighted by atomic mass is 35.5. The van der Waals surface area contributed by atoms with Gasteiger partial charge in [-0.05, 0) is 52.4 Å². The summed E-state index contributed by atoms with van der Waals surface area (Å²) < 4.78 is 1.99. The number of carbonyl (C=O) groups excluding carboxylic acids is 1. The summed E-state index contributed by atoms with van der Waals surface area (Å²) in [5.41, 5.74) is 5.48. The number of hydrogen-bond donors (Lipinski definition) is 1. The first kappa shape index (κ1) is 21.2. The normalized spacial score (nSPS) is 10.4. The van der Waals surface area contributed by atoms with Crippen molar-refractivity contribution < 1.29 is 4.79 Å². The Bertz CT molecular complexity index is 711. The SMILES string of the molecule is CNCCCC(=O)N(C)Cc1c(C)nn(-c2ccccc2C)c1C.Cl. The fraction of sp³-hybridized carbons (Fsp3) is 0.474. The average Bonchev–Trinajstić information content (AvgIpc) is 2.83. The van der Waals surface area contributed by atoms with Gasteiger partial charge in [-0.25, -0.2) is 4.68 Å². The maximum absolute atomic E-state index is 12.2. The number of aryl methyl sites for hydroxylation is 2. The minimum Gasteiger partial charge on any atom is -0.341 e. The summed E-state index contributed by atoms with van der Waals surface area (Å²) in [6, 6.07) is 8.22. The van der Waals surface area contributed by atoms with Crippen LogP contribution in [-0.4, -0.2) is 41.2 Å². The second-order valence-electron chi connectivity index (χ2n) is 6.30. The first-order valence-corrected chi connectivity index (χ1v) is 8.45. The Morgan fingerprint density at radius 1 is 1.24 bits per heavy atom. The van der Waals surface area contributed by atoms with Crippen LogP contribution in [0.15, 0.2) is 24.3 Å². The predicted octanol–water partition coefficient (Wildman–Crippen LogP) is 3.18. The molecule has 0 aliphatic rings. The molecule has 1 aromatic heterocycles. The second kappa shape index (κ2) is 9.59. The van der Waals surface area contributed by atoms with E-state index in [9.17, 15) is 4.79 Å². The van der Waals surface area contributed by atoms with Crippen molar-refractivity contribution in [1.29, 1.82) is 0 Å². The molecule has 1 aromatic carbocycles. The van der Waals surface area contributed by atoms with Crippen molar-refractivity contribution in [3.05, 3.63) is 46.8 Å². The van der Waals surface area contributed by atoms with Crippen LogP contribution in [0, 0.1) is 20.8 Å². The quantitative estimate of drug-likeness (QED) is 0.768. The third-order valence-corrected chi connectivity index (χ3v) is 4.42. The first-order valence-electron chi connectivity index (χ1n) is 8.45. The topological polar surface area (TPSA) is 50.2 Å². The number of halogens is 1. The zero-order chi connectivity index (χ0) is 17.7. The maximum Gasteiger partial charge on any atom is 0.222 e. The van der Waals surface area contributed by atoms with Crippen molar-refractivity contribution in [3.63, 3.8) is 0 Å². The lowest BCUT2D eigenvalue weighted by Crippen LogP contribution is -2.27. The molecular weight excluding hydrogens is 336 g/mol. The summed E-state index contributed by atoms with van der Waals surface area (Å²) in [6.45, 7) is 7.63. The number of aromatic nitrogens is 2. The molecule has 0 atom stereocenters. The zero-order valence-electron chi connectivity index (χ0n) is 15.8. The summed E-state index contributed by atoms with van der Waals surface area (Å²) in [4.78, 5) is 14.0. The molecule has 0 spiro atoms. The van der Waals surface area contributed by atoms with Gasteiger partial charge in [0.1, 0.15) is 0 Å². The molecule has 0 aliphatic heterocycles. The van der Waals surface area contributed by atoms with E-state index in [-0.39, 0.29) is 18.3 Å². The number of amides is 1. The number of nitrogens with one attached hydrogen (secondary N) is 1. The van der Waals surface area contributed by atoms with Gasteiger partial charge < -0.3 is 10.2 Å². The molecule has 6 heteroatoms. The molecule has 1 amide bonds. The largest absolute Gasteiger partial charge is 0.341 e. The number of hydrogen-bond acceptors (Lipinski definition) is 3. The van der Waals surface area contributed by atoms with E-state index in [2.05, 4.69) is 31.3 Å². The molecule has 0 fully saturated rings. The number of carbonyl (C=O) groups is 1. The maximum atomic E-state index is 12.2. The van der Waals surface area contributed by atoms with Crippen LogP contribution in [0.4, 0.5) is 0 Å². The number of rotatable bonds is 7. The third kappa shape index (κ3) is 5.06. The molecule has 2 aromatic rings. The van der Waals surface area contributed by atoms with Gasteiger partial charge in [0.2, 0.25) is 5.91 Å². The van der Waals surface area contributed by atoms with Crippen molar-refractivity contribution in [2.75, 3.05) is 20.6 Å². The highest BCUT2D eigenvalue weighted by Crippen LogP contribution is 2.21. The summed E-state index contributed by atoms with van der Waals surface area (Å²) in [5.74, 6) is 0.174. The van der Waals surface area contributed by atoms with Crippen molar-refractivity contribution in [1.82, 2.24) is 20.0 Å². The van der Waals surface area contributed by atoms with Crippen molar-refractivity contribution in [3.8, 4) is 5.69 Å². The van der Waals surface area contributed by atoms with Crippen LogP contribution in [0.3, 0.4) is 0 Å². The van der Waals surface area contributed by atoms with E-state index >= 15 is 0 Å². The Balaban J connectivity index is 0.00000312. The first-order chi connectivity index (χ1) is 11.5. The minimum absolute atomic E-state index is 0. The van der Waals surface area contributed by atoms with Gasteiger partial charge in [0.25, 0.3) is 0 Å². The van der Waals surface area contributed by atoms with Crippen molar-refractivity contribution >= 4 is 18.3 Å². The lowest BCUT2D eigenvalue weighted by atomic mass is 10.1. The molecule has 2 rings (SSSR count). The van der Waals surface area contributed by atoms with Gasteiger partial charge in [-0.1, -0.05) is 18.2 Å². The monoisotopic (exact) mass is 364 g/mol. The van der Waals surface area contributed by atoms with Crippen LogP contribution in [-0.2, 0) is 11.3 Å². The number of benzene rings is 1. The highest BCUT2D eigenvalue weighted by molar-refractivity contribution is 5.85. The van der Waals surface area contributed by atoms with E-state index < -0.39 is 0 Å². The fourth-order valence-electron chi connectivity index (χ4n) is 2.87. The van der Waals surface area contributed by atoms with Gasteiger partial charge in [-0.3, -0.25) is 4.79 Å². The fourth-order valence-corrected chi connectivity index (χ4v) is 2.87. The molecule has 0 aliphatic carbocycles. The van der Waals surface area contributed by atoms with Gasteiger partial charge in [-0.15, -0.1) is 12.4 Å². The van der Waals surface area contributed by atoms with Crippen LogP contribution in [0.1, 0.15) is 35.4 Å². The lowest BCUT2D eigenvalue weighted by molar-refractivity contribution is -0.130. The molecule has 25 heavy (non-hydrogen) atoms. The van der Waals surface area contributed by atoms with Gasteiger partial charge in [0, 0.05) is 31.3 Å². The van der Waals surface area contributed by atoms with Crippen molar-refractivity contribution in [2.45, 2.75) is 40.2 Å². The summed E-state index contributed by atoms with van der Waals surface area (Å²) in [7, 11) is 3.77. The molecule has 0 bridgehead atoms. The van der Waals surface area contributed by atoms with E-state index in [4.69, 9.17) is 5.10 Å².